The number of nitrogens with zero attached hydrogens (tertiary/aromatic N) is 1. The van der Waals surface area contributed by atoms with Crippen LogP contribution in [-0.2, 0) is 9.53 Å². The fourth-order valence-electron chi connectivity index (χ4n) is 1.37. The van der Waals surface area contributed by atoms with Crippen LogP contribution in [-0.4, -0.2) is 43.6 Å². The van der Waals surface area contributed by atoms with Crippen LogP contribution in [0.3, 0.4) is 0 Å². The second-order valence-electron chi connectivity index (χ2n) is 3.26. The van der Waals surface area contributed by atoms with Gasteiger partial charge in [0.1, 0.15) is 0 Å². The van der Waals surface area contributed by atoms with Gasteiger partial charge in [0.05, 0.1) is 6.54 Å². The first-order valence-corrected chi connectivity index (χ1v) is 4.83. The van der Waals surface area contributed by atoms with Gasteiger partial charge in [-0.2, -0.15) is 0 Å². The summed E-state index contributed by atoms with van der Waals surface area (Å²) >= 11 is 0. The molecular formula is C9H16N2O3. The maximum Gasteiger partial charge on any atom is 0.324 e. The minimum Gasteiger partial charge on any atom is -0.385 e. The lowest BCUT2D eigenvalue weighted by atomic mass is 10.2. The lowest BCUT2D eigenvalue weighted by Crippen LogP contribution is -2.31. The molecule has 0 saturated carbocycles. The van der Waals surface area contributed by atoms with Gasteiger partial charge >= 0.3 is 6.03 Å². The summed E-state index contributed by atoms with van der Waals surface area (Å²) < 4.78 is 4.90. The van der Waals surface area contributed by atoms with Crippen LogP contribution in [0, 0.1) is 0 Å². The molecule has 1 rings (SSSR count). The van der Waals surface area contributed by atoms with Crippen LogP contribution in [0.2, 0.25) is 0 Å². The molecule has 1 heterocycles. The molecule has 0 atom stereocenters. The Kier molecular flexibility index (Phi) is 4.39. The van der Waals surface area contributed by atoms with Gasteiger partial charge in [-0.05, 0) is 19.3 Å². The molecule has 1 aliphatic heterocycles. The molecule has 14 heavy (non-hydrogen) atoms. The van der Waals surface area contributed by atoms with Gasteiger partial charge < -0.3 is 10.1 Å². The molecule has 1 fully saturated rings. The Hall–Kier alpha value is -1.10. The second-order valence-corrected chi connectivity index (χ2v) is 3.26. The van der Waals surface area contributed by atoms with Crippen molar-refractivity contribution in [1.29, 1.82) is 0 Å². The predicted octanol–water partition coefficient (Wildman–Crippen LogP) is 0.355. The summed E-state index contributed by atoms with van der Waals surface area (Å²) in [6.07, 6.45) is 2.80. The van der Waals surface area contributed by atoms with Gasteiger partial charge in [0.25, 0.3) is 0 Å². The molecule has 80 valence electrons. The van der Waals surface area contributed by atoms with Crippen LogP contribution in [0.5, 0.6) is 0 Å². The van der Waals surface area contributed by atoms with E-state index in [0.717, 1.165) is 25.9 Å². The van der Waals surface area contributed by atoms with Crippen molar-refractivity contribution in [3.05, 3.63) is 0 Å². The number of amides is 3. The number of ether oxygens (including phenoxy) is 1. The fraction of sp³-hybridized carbons (Fsp3) is 0.778. The van der Waals surface area contributed by atoms with Crippen LogP contribution in [0.15, 0.2) is 0 Å². The third-order valence-corrected chi connectivity index (χ3v) is 2.17. The monoisotopic (exact) mass is 200 g/mol. The van der Waals surface area contributed by atoms with E-state index in [1.54, 1.807) is 7.11 Å². The van der Waals surface area contributed by atoms with E-state index in [2.05, 4.69) is 5.32 Å². The molecule has 0 aromatic rings. The van der Waals surface area contributed by atoms with Crippen LogP contribution < -0.4 is 5.32 Å². The van der Waals surface area contributed by atoms with Gasteiger partial charge in [-0.25, -0.2) is 4.79 Å². The number of carbonyl (C=O) groups is 2. The largest absolute Gasteiger partial charge is 0.385 e. The third kappa shape index (κ3) is 2.99. The Morgan fingerprint density at radius 1 is 1.36 bits per heavy atom. The number of hydrogen-bond acceptors (Lipinski definition) is 3. The average Bonchev–Trinajstić information content (AvgIpc) is 2.48. The number of rotatable bonds is 6. The predicted molar refractivity (Wildman–Crippen MR) is 50.8 cm³/mol. The van der Waals surface area contributed by atoms with Crippen LogP contribution in [0.25, 0.3) is 0 Å². The lowest BCUT2D eigenvalue weighted by Gasteiger charge is -2.11. The van der Waals surface area contributed by atoms with Gasteiger partial charge in [0.2, 0.25) is 5.91 Å². The molecule has 3 amide bonds. The summed E-state index contributed by atoms with van der Waals surface area (Å²) in [5.41, 5.74) is 0. The average molecular weight is 200 g/mol. The third-order valence-electron chi connectivity index (χ3n) is 2.17. The van der Waals surface area contributed by atoms with E-state index in [4.69, 9.17) is 4.74 Å². The van der Waals surface area contributed by atoms with Crippen molar-refractivity contribution in [1.82, 2.24) is 10.2 Å². The van der Waals surface area contributed by atoms with Crippen LogP contribution in [0.4, 0.5) is 4.79 Å². The number of imide groups is 1. The van der Waals surface area contributed by atoms with Crippen molar-refractivity contribution >= 4 is 11.9 Å². The van der Waals surface area contributed by atoms with Gasteiger partial charge in [0.15, 0.2) is 0 Å². The summed E-state index contributed by atoms with van der Waals surface area (Å²) in [5, 5.41) is 2.48. The number of methoxy groups -OCH3 is 1. The first-order chi connectivity index (χ1) is 6.75. The molecule has 0 radical (unpaired) electrons. The Balaban J connectivity index is 2.11. The van der Waals surface area contributed by atoms with Crippen molar-refractivity contribution in [3.8, 4) is 0 Å². The van der Waals surface area contributed by atoms with Gasteiger partial charge in [-0.15, -0.1) is 0 Å². The first kappa shape index (κ1) is 11.0. The first-order valence-electron chi connectivity index (χ1n) is 4.83. The van der Waals surface area contributed by atoms with Gasteiger partial charge in [-0.1, -0.05) is 0 Å². The molecule has 5 heteroatoms. The maximum atomic E-state index is 11.1. The minimum absolute atomic E-state index is 0.123. The number of hydrogen-bond donors (Lipinski definition) is 1. The molecule has 0 aromatic carbocycles. The zero-order chi connectivity index (χ0) is 10.4. The topological polar surface area (TPSA) is 58.6 Å². The van der Waals surface area contributed by atoms with Gasteiger partial charge in [-0.3, -0.25) is 9.69 Å². The van der Waals surface area contributed by atoms with E-state index in [9.17, 15) is 9.59 Å². The van der Waals surface area contributed by atoms with E-state index in [1.165, 1.54) is 4.90 Å². The standard InChI is InChI=1S/C9H16N2O3/c1-14-6-4-2-3-5-11-8(12)7-10-9(11)13/h2-7H2,1H3,(H,10,13). The summed E-state index contributed by atoms with van der Waals surface area (Å²) in [5.74, 6) is -0.123. The minimum atomic E-state index is -0.262. The zero-order valence-electron chi connectivity index (χ0n) is 8.41. The molecular weight excluding hydrogens is 184 g/mol. The number of carbonyl (C=O) groups excluding carboxylic acids is 2. The molecule has 5 nitrogen and oxygen atoms in total. The summed E-state index contributed by atoms with van der Waals surface area (Å²) in [6.45, 7) is 1.41. The summed E-state index contributed by atoms with van der Waals surface area (Å²) in [7, 11) is 1.66. The highest BCUT2D eigenvalue weighted by Crippen LogP contribution is 2.03. The smallest absolute Gasteiger partial charge is 0.324 e. The normalized spacial score (nSPS) is 16.2. The van der Waals surface area contributed by atoms with E-state index in [0.29, 0.717) is 6.54 Å². The molecule has 0 unspecified atom stereocenters. The Bertz CT molecular complexity index is 202. The van der Waals surface area contributed by atoms with Crippen molar-refractivity contribution in [2.24, 2.45) is 0 Å². The zero-order valence-corrected chi connectivity index (χ0v) is 8.41. The van der Waals surface area contributed by atoms with Crippen molar-refractivity contribution in [2.75, 3.05) is 26.8 Å². The van der Waals surface area contributed by atoms with Crippen LogP contribution in [0.1, 0.15) is 19.3 Å². The number of nitrogens with one attached hydrogen (secondary N) is 1. The quantitative estimate of drug-likeness (QED) is 0.497. The van der Waals surface area contributed by atoms with E-state index in [-0.39, 0.29) is 18.5 Å². The molecule has 0 aliphatic carbocycles. The van der Waals surface area contributed by atoms with Gasteiger partial charge in [0, 0.05) is 20.3 Å². The number of unbranched alkanes of at least 4 members (excludes halogenated alkanes) is 2. The molecule has 0 aromatic heterocycles. The molecule has 1 aliphatic rings. The Labute approximate surface area is 83.4 Å². The molecule has 1 saturated heterocycles. The SMILES string of the molecule is COCCCCCN1C(=O)CNC1=O. The fourth-order valence-corrected chi connectivity index (χ4v) is 1.37. The highest BCUT2D eigenvalue weighted by atomic mass is 16.5. The van der Waals surface area contributed by atoms with Crippen molar-refractivity contribution < 1.29 is 14.3 Å². The number of urea groups is 1. The Morgan fingerprint density at radius 3 is 2.71 bits per heavy atom. The summed E-state index contributed by atoms with van der Waals surface area (Å²) in [4.78, 5) is 23.5. The van der Waals surface area contributed by atoms with Crippen molar-refractivity contribution in [3.63, 3.8) is 0 Å². The molecule has 1 N–H and O–H groups in total. The highest BCUT2D eigenvalue weighted by Gasteiger charge is 2.27. The molecule has 0 bridgehead atoms. The lowest BCUT2D eigenvalue weighted by molar-refractivity contribution is -0.125. The summed E-state index contributed by atoms with van der Waals surface area (Å²) in [6, 6.07) is -0.262. The van der Waals surface area contributed by atoms with E-state index < -0.39 is 0 Å². The van der Waals surface area contributed by atoms with E-state index >= 15 is 0 Å². The van der Waals surface area contributed by atoms with Crippen molar-refractivity contribution in [2.45, 2.75) is 19.3 Å². The molecule has 0 spiro atoms. The van der Waals surface area contributed by atoms with E-state index in [1.807, 2.05) is 0 Å². The Morgan fingerprint density at radius 2 is 2.14 bits per heavy atom. The van der Waals surface area contributed by atoms with Crippen LogP contribution >= 0.6 is 0 Å². The maximum absolute atomic E-state index is 11.1. The highest BCUT2D eigenvalue weighted by molar-refractivity contribution is 6.01. The second kappa shape index (κ2) is 5.59.